The summed E-state index contributed by atoms with van der Waals surface area (Å²) in [5.74, 6) is 3.28. The molecule has 0 aromatic carbocycles. The maximum Gasteiger partial charge on any atom is 0.0953 e. The highest BCUT2D eigenvalue weighted by molar-refractivity contribution is 5.14. The number of rotatable bonds is 5. The number of hydrogen-bond donors (Lipinski definition) is 0. The first-order valence-corrected chi connectivity index (χ1v) is 9.89. The minimum Gasteiger partial charge on any atom is -0.366 e. The summed E-state index contributed by atoms with van der Waals surface area (Å²) in [6, 6.07) is 0. The highest BCUT2D eigenvalue weighted by atomic mass is 16.6. The highest BCUT2D eigenvalue weighted by Crippen LogP contribution is 2.61. The van der Waals surface area contributed by atoms with Crippen molar-refractivity contribution < 1.29 is 9.47 Å². The van der Waals surface area contributed by atoms with Crippen LogP contribution in [0, 0.1) is 23.7 Å². The molecule has 8 unspecified atom stereocenters. The summed E-state index contributed by atoms with van der Waals surface area (Å²) >= 11 is 0. The molecule has 2 heterocycles. The van der Waals surface area contributed by atoms with Crippen molar-refractivity contribution in [2.45, 2.75) is 102 Å². The molecule has 8 atom stereocenters. The van der Waals surface area contributed by atoms with Gasteiger partial charge in [-0.25, -0.2) is 0 Å². The van der Waals surface area contributed by atoms with Crippen LogP contribution >= 0.6 is 0 Å². The van der Waals surface area contributed by atoms with E-state index in [-0.39, 0.29) is 11.2 Å². The Morgan fingerprint density at radius 3 is 1.55 bits per heavy atom. The molecular formula is C20H34O2. The van der Waals surface area contributed by atoms with E-state index in [2.05, 4.69) is 27.7 Å². The van der Waals surface area contributed by atoms with Crippen molar-refractivity contribution in [3.63, 3.8) is 0 Å². The van der Waals surface area contributed by atoms with Gasteiger partial charge < -0.3 is 9.47 Å². The fraction of sp³-hybridized carbons (Fsp3) is 1.00. The van der Waals surface area contributed by atoms with E-state index in [1.54, 1.807) is 0 Å². The lowest BCUT2D eigenvalue weighted by atomic mass is 9.63. The van der Waals surface area contributed by atoms with E-state index in [0.29, 0.717) is 12.2 Å². The molecule has 2 nitrogen and oxygen atoms in total. The SMILES string of the molecule is CCCC12CC(C3CC(C)C4OC4(CCC)C3)CC(C)C1O2. The van der Waals surface area contributed by atoms with Gasteiger partial charge in [-0.05, 0) is 62.2 Å². The number of hydrogen-bond acceptors (Lipinski definition) is 2. The average molecular weight is 306 g/mol. The molecule has 4 aliphatic rings. The monoisotopic (exact) mass is 306 g/mol. The minimum absolute atomic E-state index is 0.277. The topological polar surface area (TPSA) is 25.1 Å². The van der Waals surface area contributed by atoms with Crippen LogP contribution in [-0.4, -0.2) is 23.4 Å². The molecule has 2 heteroatoms. The molecule has 2 saturated carbocycles. The van der Waals surface area contributed by atoms with E-state index in [1.165, 1.54) is 51.4 Å². The van der Waals surface area contributed by atoms with E-state index in [4.69, 9.17) is 9.47 Å². The van der Waals surface area contributed by atoms with E-state index >= 15 is 0 Å². The van der Waals surface area contributed by atoms with Crippen LogP contribution in [0.2, 0.25) is 0 Å². The van der Waals surface area contributed by atoms with Crippen molar-refractivity contribution in [2.24, 2.45) is 23.7 Å². The number of fused-ring (bicyclic) bond motifs is 2. The third-order valence-corrected chi connectivity index (χ3v) is 7.26. The molecule has 2 saturated heterocycles. The highest BCUT2D eigenvalue weighted by Gasteiger charge is 2.65. The van der Waals surface area contributed by atoms with Gasteiger partial charge in [-0.2, -0.15) is 0 Å². The Balaban J connectivity index is 1.47. The Kier molecular flexibility index (Phi) is 3.66. The summed E-state index contributed by atoms with van der Waals surface area (Å²) in [5.41, 5.74) is 0.555. The van der Waals surface area contributed by atoms with Gasteiger partial charge in [0.2, 0.25) is 0 Å². The summed E-state index contributed by atoms with van der Waals surface area (Å²) in [6.07, 6.45) is 11.7. The van der Waals surface area contributed by atoms with Crippen molar-refractivity contribution in [1.82, 2.24) is 0 Å². The Morgan fingerprint density at radius 2 is 1.18 bits per heavy atom. The van der Waals surface area contributed by atoms with Gasteiger partial charge in [0.25, 0.3) is 0 Å². The van der Waals surface area contributed by atoms with Crippen LogP contribution in [0.25, 0.3) is 0 Å². The van der Waals surface area contributed by atoms with E-state index in [9.17, 15) is 0 Å². The van der Waals surface area contributed by atoms with Crippen LogP contribution in [0.1, 0.15) is 79.1 Å². The van der Waals surface area contributed by atoms with Gasteiger partial charge in [0.05, 0.1) is 23.4 Å². The van der Waals surface area contributed by atoms with Gasteiger partial charge >= 0.3 is 0 Å². The summed E-state index contributed by atoms with van der Waals surface area (Å²) in [6.45, 7) is 9.48. The maximum absolute atomic E-state index is 6.24. The lowest BCUT2D eigenvalue weighted by molar-refractivity contribution is 0.120. The fourth-order valence-corrected chi connectivity index (χ4v) is 6.46. The van der Waals surface area contributed by atoms with Gasteiger partial charge in [0.1, 0.15) is 0 Å². The second kappa shape index (κ2) is 5.21. The van der Waals surface area contributed by atoms with E-state index < -0.39 is 0 Å². The molecule has 0 N–H and O–H groups in total. The zero-order valence-electron chi connectivity index (χ0n) is 14.9. The van der Waals surface area contributed by atoms with Crippen molar-refractivity contribution in [3.05, 3.63) is 0 Å². The second-order valence-electron chi connectivity index (χ2n) is 9.06. The zero-order valence-corrected chi connectivity index (χ0v) is 14.9. The Labute approximate surface area is 136 Å². The van der Waals surface area contributed by atoms with Gasteiger partial charge in [-0.3, -0.25) is 0 Å². The second-order valence-corrected chi connectivity index (χ2v) is 9.06. The van der Waals surface area contributed by atoms with Crippen molar-refractivity contribution >= 4 is 0 Å². The summed E-state index contributed by atoms with van der Waals surface area (Å²) in [7, 11) is 0. The normalized spacial score (nSPS) is 56.2. The molecule has 0 bridgehead atoms. The van der Waals surface area contributed by atoms with Crippen LogP contribution in [0.15, 0.2) is 0 Å². The lowest BCUT2D eigenvalue weighted by Crippen LogP contribution is -2.39. The van der Waals surface area contributed by atoms with Gasteiger partial charge in [0, 0.05) is 0 Å². The Morgan fingerprint density at radius 1 is 0.773 bits per heavy atom. The van der Waals surface area contributed by atoms with Crippen molar-refractivity contribution in [1.29, 1.82) is 0 Å². The largest absolute Gasteiger partial charge is 0.366 e. The van der Waals surface area contributed by atoms with Crippen LogP contribution in [0.4, 0.5) is 0 Å². The molecule has 22 heavy (non-hydrogen) atoms. The minimum atomic E-state index is 0.277. The van der Waals surface area contributed by atoms with Gasteiger partial charge in [0.15, 0.2) is 0 Å². The van der Waals surface area contributed by atoms with Gasteiger partial charge in [-0.1, -0.05) is 40.5 Å². The van der Waals surface area contributed by atoms with Crippen LogP contribution in [0.5, 0.6) is 0 Å². The zero-order chi connectivity index (χ0) is 15.5. The first-order valence-electron chi connectivity index (χ1n) is 9.89. The molecule has 0 aromatic heterocycles. The summed E-state index contributed by atoms with van der Waals surface area (Å²) < 4.78 is 12.5. The van der Waals surface area contributed by atoms with E-state index in [0.717, 1.165) is 23.7 Å². The third-order valence-electron chi connectivity index (χ3n) is 7.26. The first kappa shape index (κ1) is 15.4. The average Bonchev–Trinajstić information content (AvgIpc) is 3.33. The lowest BCUT2D eigenvalue weighted by Gasteiger charge is -2.39. The Hall–Kier alpha value is -0.0800. The molecule has 0 spiro atoms. The third kappa shape index (κ3) is 2.28. The number of ether oxygens (including phenoxy) is 2. The summed E-state index contributed by atoms with van der Waals surface area (Å²) in [5, 5.41) is 0. The smallest absolute Gasteiger partial charge is 0.0953 e. The molecule has 2 aliphatic heterocycles. The van der Waals surface area contributed by atoms with Crippen molar-refractivity contribution in [3.8, 4) is 0 Å². The van der Waals surface area contributed by atoms with E-state index in [1.807, 2.05) is 0 Å². The fourth-order valence-electron chi connectivity index (χ4n) is 6.46. The first-order chi connectivity index (χ1) is 10.5. The predicted molar refractivity (Wildman–Crippen MR) is 88.8 cm³/mol. The molecular weight excluding hydrogens is 272 g/mol. The molecule has 0 radical (unpaired) electrons. The Bertz CT molecular complexity index is 395. The predicted octanol–water partition coefficient (Wildman–Crippen LogP) is 4.95. The quantitative estimate of drug-likeness (QED) is 0.671. The molecule has 4 fully saturated rings. The van der Waals surface area contributed by atoms with Crippen LogP contribution in [0.3, 0.4) is 0 Å². The molecule has 126 valence electrons. The van der Waals surface area contributed by atoms with Crippen LogP contribution < -0.4 is 0 Å². The number of epoxide rings is 2. The van der Waals surface area contributed by atoms with Gasteiger partial charge in [-0.15, -0.1) is 0 Å². The molecule has 0 aromatic rings. The van der Waals surface area contributed by atoms with Crippen LogP contribution in [-0.2, 0) is 9.47 Å². The molecule has 4 rings (SSSR count). The standard InChI is InChI=1S/C20H34O2/c1-5-7-19-11-15(9-13(3)17(19)21-19)16-10-14(4)18-20(12-16,22-18)8-6-2/h13-18H,5-12H2,1-4H3. The maximum atomic E-state index is 6.24. The molecule has 0 amide bonds. The summed E-state index contributed by atoms with van der Waals surface area (Å²) in [4.78, 5) is 0. The van der Waals surface area contributed by atoms with Crippen molar-refractivity contribution in [2.75, 3.05) is 0 Å². The molecule has 2 aliphatic carbocycles.